The molecule has 1 heterocycles. The van der Waals surface area contributed by atoms with Crippen LogP contribution in [0.5, 0.6) is 0 Å². The van der Waals surface area contributed by atoms with E-state index in [0.717, 1.165) is 11.0 Å². The third-order valence-corrected chi connectivity index (χ3v) is 3.80. The molecule has 2 amide bonds. The van der Waals surface area contributed by atoms with Crippen molar-refractivity contribution in [1.29, 1.82) is 0 Å². The molecule has 1 aliphatic heterocycles. The molecule has 0 unspecified atom stereocenters. The molecule has 0 aromatic heterocycles. The largest absolute Gasteiger partial charge is 0.284 e. The van der Waals surface area contributed by atoms with Crippen molar-refractivity contribution < 1.29 is 14.5 Å². The van der Waals surface area contributed by atoms with Crippen molar-refractivity contribution >= 4 is 39.1 Å². The molecular weight excluding hydrogens is 340 g/mol. The van der Waals surface area contributed by atoms with Gasteiger partial charge in [-0.15, -0.1) is 0 Å². The van der Waals surface area contributed by atoms with Crippen LogP contribution in [0.15, 0.2) is 46.9 Å². The first-order valence-corrected chi connectivity index (χ1v) is 6.72. The van der Waals surface area contributed by atoms with Crippen LogP contribution < -0.4 is 4.90 Å². The van der Waals surface area contributed by atoms with Crippen molar-refractivity contribution in [2.24, 2.45) is 0 Å². The summed E-state index contributed by atoms with van der Waals surface area (Å²) in [5, 5.41) is 10.9. The molecule has 0 aliphatic carbocycles. The summed E-state index contributed by atoms with van der Waals surface area (Å²) in [4.78, 5) is 36.1. The first kappa shape index (κ1) is 13.4. The molecule has 0 saturated carbocycles. The van der Waals surface area contributed by atoms with E-state index in [2.05, 4.69) is 15.9 Å². The van der Waals surface area contributed by atoms with Crippen LogP contribution >= 0.6 is 15.9 Å². The maximum absolute atomic E-state index is 12.4. The van der Waals surface area contributed by atoms with Gasteiger partial charge in [-0.2, -0.15) is 0 Å². The normalized spacial score (nSPS) is 13.5. The molecule has 21 heavy (non-hydrogen) atoms. The van der Waals surface area contributed by atoms with E-state index < -0.39 is 16.7 Å². The number of imide groups is 1. The van der Waals surface area contributed by atoms with Crippen LogP contribution in [0.1, 0.15) is 20.7 Å². The van der Waals surface area contributed by atoms with E-state index in [1.807, 2.05) is 0 Å². The number of nitrogens with zero attached hydrogens (tertiary/aromatic N) is 2. The van der Waals surface area contributed by atoms with Crippen molar-refractivity contribution in [2.45, 2.75) is 0 Å². The number of nitro groups is 1. The Labute approximate surface area is 127 Å². The molecule has 3 rings (SSSR count). The van der Waals surface area contributed by atoms with Crippen LogP contribution in [-0.2, 0) is 0 Å². The number of anilines is 1. The molecular formula is C14H7BrN2O4. The fourth-order valence-corrected chi connectivity index (χ4v) is 2.69. The van der Waals surface area contributed by atoms with Gasteiger partial charge in [0.2, 0.25) is 0 Å². The average molecular weight is 347 g/mol. The van der Waals surface area contributed by atoms with Crippen molar-refractivity contribution in [2.75, 3.05) is 4.90 Å². The van der Waals surface area contributed by atoms with Gasteiger partial charge in [-0.05, 0) is 34.1 Å². The average Bonchev–Trinajstić information content (AvgIpc) is 2.70. The first-order chi connectivity index (χ1) is 10.0. The third kappa shape index (κ3) is 2.02. The Morgan fingerprint density at radius 3 is 2.14 bits per heavy atom. The second-order valence-corrected chi connectivity index (χ2v) is 5.24. The highest BCUT2D eigenvalue weighted by Gasteiger charge is 2.38. The molecule has 0 bridgehead atoms. The Morgan fingerprint density at radius 2 is 1.57 bits per heavy atom. The number of amides is 2. The van der Waals surface area contributed by atoms with Crippen molar-refractivity contribution in [3.8, 4) is 0 Å². The second kappa shape index (κ2) is 4.78. The monoisotopic (exact) mass is 346 g/mol. The van der Waals surface area contributed by atoms with Crippen molar-refractivity contribution in [1.82, 2.24) is 0 Å². The summed E-state index contributed by atoms with van der Waals surface area (Å²) in [6.07, 6.45) is 0. The van der Waals surface area contributed by atoms with Gasteiger partial charge < -0.3 is 0 Å². The fraction of sp³-hybridized carbons (Fsp3) is 0. The predicted octanol–water partition coefficient (Wildman–Crippen LogP) is 3.16. The lowest BCUT2D eigenvalue weighted by Crippen LogP contribution is -2.29. The van der Waals surface area contributed by atoms with Gasteiger partial charge in [0, 0.05) is 6.07 Å². The molecule has 0 N–H and O–H groups in total. The van der Waals surface area contributed by atoms with Crippen LogP contribution in [0.2, 0.25) is 0 Å². The Kier molecular flexibility index (Phi) is 3.06. The number of rotatable bonds is 2. The maximum atomic E-state index is 12.4. The van der Waals surface area contributed by atoms with Crippen LogP contribution in [0, 0.1) is 10.1 Å². The highest BCUT2D eigenvalue weighted by Crippen LogP contribution is 2.35. The van der Waals surface area contributed by atoms with Crippen molar-refractivity contribution in [3.63, 3.8) is 0 Å². The number of hydrogen-bond donors (Lipinski definition) is 0. The summed E-state index contributed by atoms with van der Waals surface area (Å²) in [5.74, 6) is -1.05. The fourth-order valence-electron chi connectivity index (χ4n) is 2.20. The molecule has 0 spiro atoms. The minimum absolute atomic E-state index is 0.0405. The van der Waals surface area contributed by atoms with E-state index in [-0.39, 0.29) is 21.3 Å². The zero-order chi connectivity index (χ0) is 15.1. The Bertz CT molecular complexity index is 789. The number of para-hydroxylation sites is 1. The van der Waals surface area contributed by atoms with E-state index in [4.69, 9.17) is 0 Å². The summed E-state index contributed by atoms with van der Waals surface area (Å²) >= 11 is 3.05. The summed E-state index contributed by atoms with van der Waals surface area (Å²) < 4.78 is 0.169. The van der Waals surface area contributed by atoms with Crippen molar-refractivity contribution in [3.05, 3.63) is 68.2 Å². The summed E-state index contributed by atoms with van der Waals surface area (Å²) in [6, 6.07) is 10.9. The molecule has 0 saturated heterocycles. The van der Waals surface area contributed by atoms with Crippen LogP contribution in [0.25, 0.3) is 0 Å². The molecule has 0 fully saturated rings. The lowest BCUT2D eigenvalue weighted by molar-refractivity contribution is -0.385. The van der Waals surface area contributed by atoms with Crippen LogP contribution in [-0.4, -0.2) is 16.7 Å². The lowest BCUT2D eigenvalue weighted by Gasteiger charge is -2.13. The highest BCUT2D eigenvalue weighted by atomic mass is 79.9. The lowest BCUT2D eigenvalue weighted by atomic mass is 10.1. The summed E-state index contributed by atoms with van der Waals surface area (Å²) in [7, 11) is 0. The van der Waals surface area contributed by atoms with Gasteiger partial charge in [0.05, 0.1) is 26.2 Å². The number of halogens is 1. The van der Waals surface area contributed by atoms with E-state index in [9.17, 15) is 19.7 Å². The topological polar surface area (TPSA) is 80.5 Å². The van der Waals surface area contributed by atoms with E-state index in [1.54, 1.807) is 30.3 Å². The quantitative estimate of drug-likeness (QED) is 0.475. The Hall–Kier alpha value is -2.54. The van der Waals surface area contributed by atoms with Gasteiger partial charge in [-0.1, -0.05) is 18.2 Å². The molecule has 1 aliphatic rings. The zero-order valence-electron chi connectivity index (χ0n) is 10.4. The molecule has 7 heteroatoms. The van der Waals surface area contributed by atoms with E-state index in [1.165, 1.54) is 6.07 Å². The molecule has 2 aromatic carbocycles. The molecule has 6 nitrogen and oxygen atoms in total. The minimum atomic E-state index is -0.604. The summed E-state index contributed by atoms with van der Waals surface area (Å²) in [5.41, 5.74) is 0.382. The Morgan fingerprint density at radius 1 is 1.00 bits per heavy atom. The SMILES string of the molecule is O=C1c2cc(Br)c([N+](=O)[O-])cc2C(=O)N1c1ccccc1. The number of benzene rings is 2. The predicted molar refractivity (Wildman–Crippen MR) is 78.4 cm³/mol. The number of hydrogen-bond acceptors (Lipinski definition) is 4. The molecule has 0 atom stereocenters. The minimum Gasteiger partial charge on any atom is -0.268 e. The van der Waals surface area contributed by atoms with Gasteiger partial charge >= 0.3 is 0 Å². The number of fused-ring (bicyclic) bond motifs is 1. The number of carbonyl (C=O) groups is 2. The molecule has 2 aromatic rings. The van der Waals surface area contributed by atoms with Crippen LogP contribution in [0.4, 0.5) is 11.4 Å². The van der Waals surface area contributed by atoms with Crippen LogP contribution in [0.3, 0.4) is 0 Å². The number of nitro benzene ring substituents is 1. The smallest absolute Gasteiger partial charge is 0.268 e. The van der Waals surface area contributed by atoms with E-state index in [0.29, 0.717) is 5.69 Å². The van der Waals surface area contributed by atoms with Gasteiger partial charge in [0.1, 0.15) is 0 Å². The van der Waals surface area contributed by atoms with Gasteiger partial charge in [0.25, 0.3) is 17.5 Å². The number of carbonyl (C=O) groups excluding carboxylic acids is 2. The highest BCUT2D eigenvalue weighted by molar-refractivity contribution is 9.10. The van der Waals surface area contributed by atoms with Gasteiger partial charge in [0.15, 0.2) is 0 Å². The van der Waals surface area contributed by atoms with E-state index >= 15 is 0 Å². The standard InChI is InChI=1S/C14H7BrN2O4/c15-11-6-9-10(7-12(11)17(20)21)14(19)16(13(9)18)8-4-2-1-3-5-8/h1-7H. The molecule has 0 radical (unpaired) electrons. The summed E-state index contributed by atoms with van der Waals surface area (Å²) in [6.45, 7) is 0. The second-order valence-electron chi connectivity index (χ2n) is 4.39. The Balaban J connectivity index is 2.15. The first-order valence-electron chi connectivity index (χ1n) is 5.92. The molecule has 104 valence electrons. The van der Waals surface area contributed by atoms with Gasteiger partial charge in [-0.3, -0.25) is 19.7 Å². The van der Waals surface area contributed by atoms with Gasteiger partial charge in [-0.25, -0.2) is 4.90 Å². The third-order valence-electron chi connectivity index (χ3n) is 3.17. The maximum Gasteiger partial charge on any atom is 0.284 e. The zero-order valence-corrected chi connectivity index (χ0v) is 12.0.